The SMILES string of the molecule is CN=C(NCCc1ccccc1)NCC1(c2ccccc2Cl)CCOCC1.I. The predicted octanol–water partition coefficient (Wildman–Crippen LogP) is 4.41. The number of aliphatic imine (C=N–C) groups is 1. The summed E-state index contributed by atoms with van der Waals surface area (Å²) in [5.41, 5.74) is 2.48. The summed E-state index contributed by atoms with van der Waals surface area (Å²) in [5.74, 6) is 0.823. The van der Waals surface area contributed by atoms with Crippen LogP contribution in [0.15, 0.2) is 59.6 Å². The molecule has 0 unspecified atom stereocenters. The standard InChI is InChI=1S/C22H28ClN3O.HI/c1-24-21(25-14-11-18-7-3-2-4-8-18)26-17-22(12-15-27-16-13-22)19-9-5-6-10-20(19)23;/h2-10H,11-17H2,1H3,(H2,24,25,26);1H. The van der Waals surface area contributed by atoms with Crippen molar-refractivity contribution in [2.75, 3.05) is 33.4 Å². The topological polar surface area (TPSA) is 45.7 Å². The van der Waals surface area contributed by atoms with Crippen LogP contribution in [0, 0.1) is 0 Å². The van der Waals surface area contributed by atoms with Gasteiger partial charge in [-0.25, -0.2) is 0 Å². The highest BCUT2D eigenvalue weighted by Crippen LogP contribution is 2.38. The Balaban J connectivity index is 0.00000280. The van der Waals surface area contributed by atoms with E-state index in [-0.39, 0.29) is 29.4 Å². The number of nitrogens with zero attached hydrogens (tertiary/aromatic N) is 1. The fourth-order valence-corrected chi connectivity index (χ4v) is 3.97. The fourth-order valence-electron chi connectivity index (χ4n) is 3.64. The van der Waals surface area contributed by atoms with Crippen molar-refractivity contribution in [2.45, 2.75) is 24.7 Å². The van der Waals surface area contributed by atoms with E-state index >= 15 is 0 Å². The van der Waals surface area contributed by atoms with Gasteiger partial charge in [0.2, 0.25) is 0 Å². The lowest BCUT2D eigenvalue weighted by Gasteiger charge is -2.38. The number of benzene rings is 2. The molecule has 2 N–H and O–H groups in total. The second kappa shape index (κ2) is 11.6. The number of rotatable bonds is 6. The van der Waals surface area contributed by atoms with E-state index in [1.165, 1.54) is 11.1 Å². The Morgan fingerprint density at radius 1 is 1.04 bits per heavy atom. The van der Waals surface area contributed by atoms with Crippen LogP contribution in [-0.2, 0) is 16.6 Å². The van der Waals surface area contributed by atoms with Crippen molar-refractivity contribution in [3.05, 3.63) is 70.7 Å². The van der Waals surface area contributed by atoms with E-state index < -0.39 is 0 Å². The van der Waals surface area contributed by atoms with Crippen LogP contribution < -0.4 is 10.6 Å². The molecule has 6 heteroatoms. The molecule has 0 radical (unpaired) electrons. The third kappa shape index (κ3) is 6.09. The Bertz CT molecular complexity index is 748. The van der Waals surface area contributed by atoms with Gasteiger partial charge in [-0.3, -0.25) is 4.99 Å². The maximum absolute atomic E-state index is 6.53. The predicted molar refractivity (Wildman–Crippen MR) is 128 cm³/mol. The van der Waals surface area contributed by atoms with Crippen LogP contribution in [0.3, 0.4) is 0 Å². The van der Waals surface area contributed by atoms with Crippen LogP contribution in [0.25, 0.3) is 0 Å². The Morgan fingerprint density at radius 2 is 1.71 bits per heavy atom. The number of halogens is 2. The lowest BCUT2D eigenvalue weighted by atomic mass is 9.74. The van der Waals surface area contributed by atoms with Crippen molar-refractivity contribution in [1.29, 1.82) is 0 Å². The summed E-state index contributed by atoms with van der Waals surface area (Å²) in [4.78, 5) is 4.38. The molecule has 0 amide bonds. The Labute approximate surface area is 190 Å². The van der Waals surface area contributed by atoms with Crippen LogP contribution in [0.2, 0.25) is 5.02 Å². The molecule has 0 saturated carbocycles. The van der Waals surface area contributed by atoms with E-state index in [0.717, 1.165) is 56.5 Å². The van der Waals surface area contributed by atoms with Gasteiger partial charge in [0.15, 0.2) is 5.96 Å². The number of hydrogen-bond acceptors (Lipinski definition) is 2. The monoisotopic (exact) mass is 513 g/mol. The zero-order valence-electron chi connectivity index (χ0n) is 16.3. The van der Waals surface area contributed by atoms with Gasteiger partial charge in [-0.2, -0.15) is 0 Å². The zero-order chi connectivity index (χ0) is 19.0. The molecular weight excluding hydrogens is 485 g/mol. The van der Waals surface area contributed by atoms with E-state index in [0.29, 0.717) is 0 Å². The lowest BCUT2D eigenvalue weighted by Crippen LogP contribution is -2.48. The average molecular weight is 514 g/mol. The van der Waals surface area contributed by atoms with Crippen molar-refractivity contribution >= 4 is 41.5 Å². The number of hydrogen-bond donors (Lipinski definition) is 2. The normalized spacial score (nSPS) is 16.1. The molecule has 0 bridgehead atoms. The van der Waals surface area contributed by atoms with Gasteiger partial charge in [0.1, 0.15) is 0 Å². The molecule has 1 fully saturated rings. The second-order valence-electron chi connectivity index (χ2n) is 6.96. The minimum Gasteiger partial charge on any atom is -0.381 e. The molecule has 0 aliphatic carbocycles. The van der Waals surface area contributed by atoms with Gasteiger partial charge in [0.05, 0.1) is 0 Å². The minimum atomic E-state index is -0.0341. The molecule has 1 aliphatic heterocycles. The molecule has 0 aromatic heterocycles. The molecule has 28 heavy (non-hydrogen) atoms. The van der Waals surface area contributed by atoms with Crippen molar-refractivity contribution in [2.24, 2.45) is 4.99 Å². The van der Waals surface area contributed by atoms with Gasteiger partial charge in [0.25, 0.3) is 0 Å². The maximum Gasteiger partial charge on any atom is 0.191 e. The molecule has 1 heterocycles. The molecule has 4 nitrogen and oxygen atoms in total. The molecule has 1 saturated heterocycles. The average Bonchev–Trinajstić information content (AvgIpc) is 2.72. The van der Waals surface area contributed by atoms with Crippen LogP contribution in [0.5, 0.6) is 0 Å². The third-order valence-electron chi connectivity index (χ3n) is 5.26. The Hall–Kier alpha value is -1.31. The van der Waals surface area contributed by atoms with E-state index in [1.807, 2.05) is 25.2 Å². The molecule has 0 atom stereocenters. The first-order chi connectivity index (χ1) is 13.2. The van der Waals surface area contributed by atoms with Crippen LogP contribution >= 0.6 is 35.6 Å². The van der Waals surface area contributed by atoms with Gasteiger partial charge in [-0.05, 0) is 36.5 Å². The summed E-state index contributed by atoms with van der Waals surface area (Å²) in [5, 5.41) is 7.76. The zero-order valence-corrected chi connectivity index (χ0v) is 19.4. The molecular formula is C22H29ClIN3O. The summed E-state index contributed by atoms with van der Waals surface area (Å²) < 4.78 is 5.62. The van der Waals surface area contributed by atoms with Crippen molar-refractivity contribution in [1.82, 2.24) is 10.6 Å². The van der Waals surface area contributed by atoms with Crippen LogP contribution in [-0.4, -0.2) is 39.3 Å². The summed E-state index contributed by atoms with van der Waals surface area (Å²) in [6.45, 7) is 3.14. The van der Waals surface area contributed by atoms with E-state index in [9.17, 15) is 0 Å². The summed E-state index contributed by atoms with van der Waals surface area (Å²) in [7, 11) is 1.81. The minimum absolute atomic E-state index is 0. The van der Waals surface area contributed by atoms with Gasteiger partial charge >= 0.3 is 0 Å². The molecule has 152 valence electrons. The fraction of sp³-hybridized carbons (Fsp3) is 0.409. The van der Waals surface area contributed by atoms with Crippen LogP contribution in [0.4, 0.5) is 0 Å². The summed E-state index contributed by atoms with van der Waals surface area (Å²) in [6.07, 6.45) is 2.86. The Morgan fingerprint density at radius 3 is 2.39 bits per heavy atom. The van der Waals surface area contributed by atoms with Crippen LogP contribution in [0.1, 0.15) is 24.0 Å². The number of nitrogens with one attached hydrogen (secondary N) is 2. The van der Waals surface area contributed by atoms with E-state index in [1.54, 1.807) is 0 Å². The van der Waals surface area contributed by atoms with Gasteiger partial charge in [-0.15, -0.1) is 24.0 Å². The van der Waals surface area contributed by atoms with E-state index in [2.05, 4.69) is 52.0 Å². The molecule has 3 rings (SSSR count). The first-order valence-electron chi connectivity index (χ1n) is 9.55. The first-order valence-corrected chi connectivity index (χ1v) is 9.92. The molecule has 2 aromatic rings. The third-order valence-corrected chi connectivity index (χ3v) is 5.59. The molecule has 2 aromatic carbocycles. The van der Waals surface area contributed by atoms with E-state index in [4.69, 9.17) is 16.3 Å². The highest BCUT2D eigenvalue weighted by Gasteiger charge is 2.36. The second-order valence-corrected chi connectivity index (χ2v) is 7.37. The molecule has 1 aliphatic rings. The summed E-state index contributed by atoms with van der Waals surface area (Å²) in [6, 6.07) is 18.6. The highest BCUT2D eigenvalue weighted by atomic mass is 127. The smallest absolute Gasteiger partial charge is 0.191 e. The van der Waals surface area contributed by atoms with Crippen molar-refractivity contribution < 1.29 is 4.74 Å². The lowest BCUT2D eigenvalue weighted by molar-refractivity contribution is 0.0514. The quantitative estimate of drug-likeness (QED) is 0.342. The highest BCUT2D eigenvalue weighted by molar-refractivity contribution is 14.0. The maximum atomic E-state index is 6.53. The first kappa shape index (κ1) is 23.0. The Kier molecular flexibility index (Phi) is 9.55. The van der Waals surface area contributed by atoms with Gasteiger partial charge < -0.3 is 15.4 Å². The number of guanidine groups is 1. The largest absolute Gasteiger partial charge is 0.381 e. The van der Waals surface area contributed by atoms with Crippen molar-refractivity contribution in [3.63, 3.8) is 0 Å². The number of ether oxygens (including phenoxy) is 1. The van der Waals surface area contributed by atoms with Gasteiger partial charge in [0, 0.05) is 43.8 Å². The van der Waals surface area contributed by atoms with Gasteiger partial charge in [-0.1, -0.05) is 60.1 Å². The molecule has 0 spiro atoms. The van der Waals surface area contributed by atoms with Crippen molar-refractivity contribution in [3.8, 4) is 0 Å². The summed E-state index contributed by atoms with van der Waals surface area (Å²) >= 11 is 6.53.